The van der Waals surface area contributed by atoms with Gasteiger partial charge in [0.05, 0.1) is 23.4 Å². The molecule has 132 valence electrons. The second kappa shape index (κ2) is 5.66. The second-order valence-corrected chi connectivity index (χ2v) is 7.59. The zero-order valence-corrected chi connectivity index (χ0v) is 14.4. The van der Waals surface area contributed by atoms with E-state index in [2.05, 4.69) is 0 Å². The van der Waals surface area contributed by atoms with Gasteiger partial charge in [0.15, 0.2) is 0 Å². The van der Waals surface area contributed by atoms with E-state index in [1.807, 2.05) is 27.7 Å². The van der Waals surface area contributed by atoms with Crippen LogP contribution in [-0.2, 0) is 15.5 Å². The van der Waals surface area contributed by atoms with Crippen LogP contribution in [0.2, 0.25) is 0 Å². The molecule has 1 aromatic rings. The molecule has 3 nitrogen and oxygen atoms in total. The molecule has 1 aromatic carbocycles. The third kappa shape index (κ3) is 3.42. The Morgan fingerprint density at radius 3 is 2.21 bits per heavy atom. The maximum atomic E-state index is 13.1. The molecule has 0 amide bonds. The summed E-state index contributed by atoms with van der Waals surface area (Å²) in [5.41, 5.74) is -1.69. The molecule has 0 bridgehead atoms. The lowest BCUT2D eigenvalue weighted by atomic mass is 9.77. The first-order valence-electron chi connectivity index (χ1n) is 8.19. The number of halogens is 3. The van der Waals surface area contributed by atoms with E-state index in [0.717, 1.165) is 25.0 Å². The third-order valence-corrected chi connectivity index (χ3v) is 5.02. The normalized spacial score (nSPS) is 22.7. The molecule has 0 atom stereocenters. The first-order chi connectivity index (χ1) is 11.0. The first-order valence-corrected chi connectivity index (χ1v) is 8.19. The summed E-state index contributed by atoms with van der Waals surface area (Å²) in [6.07, 6.45) is -2.22. The fraction of sp³-hybridized carbons (Fsp3) is 0.647. The Bertz CT molecular complexity index is 608. The van der Waals surface area contributed by atoms with Crippen LogP contribution in [0.3, 0.4) is 0 Å². The average Bonchev–Trinajstić information content (AvgIpc) is 3.23. The molecular formula is C17H22BF3O3. The minimum atomic E-state index is -4.42. The van der Waals surface area contributed by atoms with Crippen LogP contribution in [0, 0.1) is 5.92 Å². The molecular weight excluding hydrogens is 320 g/mol. The van der Waals surface area contributed by atoms with Crippen molar-refractivity contribution in [1.82, 2.24) is 0 Å². The minimum absolute atomic E-state index is 0.295. The Hall–Kier alpha value is -1.21. The van der Waals surface area contributed by atoms with Crippen molar-refractivity contribution < 1.29 is 27.2 Å². The van der Waals surface area contributed by atoms with Crippen LogP contribution >= 0.6 is 0 Å². The molecule has 0 N–H and O–H groups in total. The number of benzene rings is 1. The van der Waals surface area contributed by atoms with Gasteiger partial charge in [0.1, 0.15) is 5.75 Å². The molecule has 1 heterocycles. The number of rotatable bonds is 4. The smallest absolute Gasteiger partial charge is 0.494 e. The van der Waals surface area contributed by atoms with Gasteiger partial charge in [-0.2, -0.15) is 13.2 Å². The first kappa shape index (κ1) is 17.6. The van der Waals surface area contributed by atoms with Crippen molar-refractivity contribution in [3.05, 3.63) is 23.8 Å². The number of hydrogen-bond acceptors (Lipinski definition) is 3. The van der Waals surface area contributed by atoms with Crippen LogP contribution in [0.15, 0.2) is 18.2 Å². The highest BCUT2D eigenvalue weighted by molar-refractivity contribution is 6.63. The summed E-state index contributed by atoms with van der Waals surface area (Å²) in [6.45, 7) is 7.98. The lowest BCUT2D eigenvalue weighted by Gasteiger charge is -2.32. The van der Waals surface area contributed by atoms with E-state index in [4.69, 9.17) is 14.0 Å². The molecule has 1 aliphatic heterocycles. The molecule has 1 saturated carbocycles. The van der Waals surface area contributed by atoms with E-state index < -0.39 is 30.1 Å². The van der Waals surface area contributed by atoms with E-state index in [-0.39, 0.29) is 0 Å². The Kier molecular flexibility index (Phi) is 4.16. The molecule has 2 fully saturated rings. The zero-order valence-electron chi connectivity index (χ0n) is 14.4. The van der Waals surface area contributed by atoms with E-state index in [1.54, 1.807) is 0 Å². The van der Waals surface area contributed by atoms with Gasteiger partial charge in [-0.1, -0.05) is 0 Å². The van der Waals surface area contributed by atoms with Gasteiger partial charge >= 0.3 is 13.3 Å². The Morgan fingerprint density at radius 1 is 1.12 bits per heavy atom. The molecule has 1 aliphatic carbocycles. The van der Waals surface area contributed by atoms with Gasteiger partial charge in [-0.25, -0.2) is 0 Å². The van der Waals surface area contributed by atoms with Crippen molar-refractivity contribution in [2.24, 2.45) is 5.92 Å². The van der Waals surface area contributed by atoms with Gasteiger partial charge in [-0.3, -0.25) is 0 Å². The summed E-state index contributed by atoms with van der Waals surface area (Å²) in [5.74, 6) is 0.895. The molecule has 0 radical (unpaired) electrons. The highest BCUT2D eigenvalue weighted by Crippen LogP contribution is 2.38. The Balaban J connectivity index is 1.93. The largest absolute Gasteiger partial charge is 0.498 e. The molecule has 0 spiro atoms. The highest BCUT2D eigenvalue weighted by Gasteiger charge is 2.53. The molecule has 2 aliphatic rings. The van der Waals surface area contributed by atoms with Gasteiger partial charge in [-0.05, 0) is 64.7 Å². The average molecular weight is 342 g/mol. The standard InChI is InChI=1S/C17H22BF3O3/c1-15(2)16(3,4)24-18(23-15)13-9-12(17(19,20)21)7-8-14(13)22-10-11-5-6-11/h7-9,11H,5-6,10H2,1-4H3. The molecule has 1 saturated heterocycles. The van der Waals surface area contributed by atoms with Crippen molar-refractivity contribution >= 4 is 12.6 Å². The van der Waals surface area contributed by atoms with Gasteiger partial charge in [0.25, 0.3) is 0 Å². The van der Waals surface area contributed by atoms with Crippen LogP contribution in [0.1, 0.15) is 46.1 Å². The van der Waals surface area contributed by atoms with Crippen molar-refractivity contribution in [2.75, 3.05) is 6.61 Å². The minimum Gasteiger partial charge on any atom is -0.494 e. The van der Waals surface area contributed by atoms with E-state index in [1.165, 1.54) is 6.07 Å². The van der Waals surface area contributed by atoms with Gasteiger partial charge in [0, 0.05) is 5.46 Å². The maximum absolute atomic E-state index is 13.1. The Labute approximate surface area is 140 Å². The summed E-state index contributed by atoms with van der Waals surface area (Å²) < 4.78 is 56.8. The monoisotopic (exact) mass is 342 g/mol. The summed E-state index contributed by atoms with van der Waals surface area (Å²) in [7, 11) is -0.883. The number of hydrogen-bond donors (Lipinski definition) is 0. The summed E-state index contributed by atoms with van der Waals surface area (Å²) in [6, 6.07) is 3.48. The predicted molar refractivity (Wildman–Crippen MR) is 85.4 cm³/mol. The molecule has 24 heavy (non-hydrogen) atoms. The van der Waals surface area contributed by atoms with Gasteiger partial charge in [-0.15, -0.1) is 0 Å². The second-order valence-electron chi connectivity index (χ2n) is 7.59. The highest BCUT2D eigenvalue weighted by atomic mass is 19.4. The van der Waals surface area contributed by atoms with E-state index >= 15 is 0 Å². The lowest BCUT2D eigenvalue weighted by Crippen LogP contribution is -2.41. The lowest BCUT2D eigenvalue weighted by molar-refractivity contribution is -0.137. The van der Waals surface area contributed by atoms with E-state index in [9.17, 15) is 13.2 Å². The Morgan fingerprint density at radius 2 is 1.71 bits per heavy atom. The molecule has 0 aromatic heterocycles. The van der Waals surface area contributed by atoms with Gasteiger partial charge in [0.2, 0.25) is 0 Å². The number of ether oxygens (including phenoxy) is 1. The van der Waals surface area contributed by atoms with Crippen molar-refractivity contribution in [1.29, 1.82) is 0 Å². The van der Waals surface area contributed by atoms with Crippen LogP contribution in [0.4, 0.5) is 13.2 Å². The predicted octanol–water partition coefficient (Wildman–Crippen LogP) is 3.79. The summed E-state index contributed by atoms with van der Waals surface area (Å²) in [4.78, 5) is 0. The molecule has 0 unspecified atom stereocenters. The third-order valence-electron chi connectivity index (χ3n) is 5.02. The summed E-state index contributed by atoms with van der Waals surface area (Å²) >= 11 is 0. The van der Waals surface area contributed by atoms with Gasteiger partial charge < -0.3 is 14.0 Å². The van der Waals surface area contributed by atoms with Crippen molar-refractivity contribution in [3.8, 4) is 5.75 Å². The van der Waals surface area contributed by atoms with Crippen LogP contribution in [-0.4, -0.2) is 24.9 Å². The zero-order chi connectivity index (χ0) is 17.8. The molecule has 7 heteroatoms. The fourth-order valence-electron chi connectivity index (χ4n) is 2.50. The van der Waals surface area contributed by atoms with E-state index in [0.29, 0.717) is 23.7 Å². The maximum Gasteiger partial charge on any atom is 0.498 e. The van der Waals surface area contributed by atoms with Crippen LogP contribution in [0.25, 0.3) is 0 Å². The molecule has 3 rings (SSSR count). The van der Waals surface area contributed by atoms with Crippen LogP contribution in [0.5, 0.6) is 5.75 Å². The van der Waals surface area contributed by atoms with Crippen molar-refractivity contribution in [3.63, 3.8) is 0 Å². The number of alkyl halides is 3. The quantitative estimate of drug-likeness (QED) is 0.779. The topological polar surface area (TPSA) is 27.7 Å². The summed E-state index contributed by atoms with van der Waals surface area (Å²) in [5, 5.41) is 0. The fourth-order valence-corrected chi connectivity index (χ4v) is 2.50. The van der Waals surface area contributed by atoms with Crippen molar-refractivity contribution in [2.45, 2.75) is 57.9 Å². The SMILES string of the molecule is CC1(C)OB(c2cc(C(F)(F)F)ccc2OCC2CC2)OC1(C)C. The van der Waals surface area contributed by atoms with Crippen LogP contribution < -0.4 is 10.2 Å².